The normalized spacial score (nSPS) is 19.5. The number of hydrogen-bond donors (Lipinski definition) is 2. The number of ether oxygens (including phenoxy) is 6. The van der Waals surface area contributed by atoms with Crippen LogP contribution in [0.4, 0.5) is 10.2 Å². The highest BCUT2D eigenvalue weighted by Crippen LogP contribution is 2.45. The standard InChI is InChI=1S/C66H82FN6O11/c1-5-6-7-8-9-10-11-12-13-14-15-16-17-18-25-40-71(45-53-43-55(67)62(83-53)72-42-39-58(74)70-65(72)78)59(75)44-54-56(84-63(60(54)81-4)73-41-38-57(69-64(73)77)68-61(76)47-26-21-19-22-27-47)46-82-66(48-28-23-20-24-29-48,49-30-34-51(79-2)35-31-49)50-32-36-52(80-3)37-33-50/h19-24,26-39,41-43,53-56,60,62-63H,5-18,25,40,44-46H2,1-4H3,(H,70,74,78)(H,68,69,76,77)/t53-,54-,55-,56-,60-,62-,63-/m1/s1. The number of aromatic nitrogens is 4. The summed E-state index contributed by atoms with van der Waals surface area (Å²) in [6.07, 6.45) is 14.5. The highest BCUT2D eigenvalue weighted by atomic mass is 19.1. The molecule has 2 fully saturated rings. The molecule has 0 bridgehead atoms. The topological polar surface area (TPSA) is 195 Å². The molecular formula is C66H82FN6O11. The third-order valence-corrected chi connectivity index (χ3v) is 16.1. The summed E-state index contributed by atoms with van der Waals surface area (Å²) in [4.78, 5) is 75.5. The quantitative estimate of drug-likeness (QED) is 0.0293. The van der Waals surface area contributed by atoms with Gasteiger partial charge in [0.05, 0.1) is 33.0 Å². The largest absolute Gasteiger partial charge is 0.497 e. The second-order valence-electron chi connectivity index (χ2n) is 21.8. The van der Waals surface area contributed by atoms with Crippen molar-refractivity contribution in [1.82, 2.24) is 24.0 Å². The Morgan fingerprint density at radius 3 is 1.76 bits per heavy atom. The molecule has 6 aromatic rings. The number of amides is 2. The van der Waals surface area contributed by atoms with E-state index in [0.717, 1.165) is 53.0 Å². The zero-order valence-corrected chi connectivity index (χ0v) is 48.9. The number of methoxy groups -OCH3 is 3. The van der Waals surface area contributed by atoms with Gasteiger partial charge in [-0.3, -0.25) is 28.5 Å². The van der Waals surface area contributed by atoms with E-state index in [-0.39, 0.29) is 31.3 Å². The lowest BCUT2D eigenvalue weighted by Crippen LogP contribution is -2.43. The van der Waals surface area contributed by atoms with Crippen molar-refractivity contribution in [3.05, 3.63) is 194 Å². The van der Waals surface area contributed by atoms with Gasteiger partial charge in [-0.25, -0.2) is 14.0 Å². The van der Waals surface area contributed by atoms with Gasteiger partial charge in [0, 0.05) is 63.0 Å². The van der Waals surface area contributed by atoms with E-state index >= 15 is 9.18 Å². The third kappa shape index (κ3) is 16.3. The van der Waals surface area contributed by atoms with Crippen LogP contribution < -0.4 is 31.7 Å². The number of rotatable bonds is 33. The van der Waals surface area contributed by atoms with E-state index in [1.807, 2.05) is 78.9 Å². The van der Waals surface area contributed by atoms with Gasteiger partial charge >= 0.3 is 11.4 Å². The van der Waals surface area contributed by atoms with Crippen LogP contribution in [0.5, 0.6) is 11.5 Å². The zero-order valence-electron chi connectivity index (χ0n) is 48.9. The number of benzene rings is 4. The van der Waals surface area contributed by atoms with E-state index in [1.165, 1.54) is 101 Å². The first-order valence-electron chi connectivity index (χ1n) is 29.8. The average molecular weight is 1150 g/mol. The molecule has 4 aromatic carbocycles. The smallest absolute Gasteiger partial charge is 0.351 e. The Balaban J connectivity index is 1.07. The predicted molar refractivity (Wildman–Crippen MR) is 320 cm³/mol. The fourth-order valence-electron chi connectivity index (χ4n) is 11.5. The second-order valence-corrected chi connectivity index (χ2v) is 21.8. The Bertz CT molecular complexity index is 3110. The molecular weight excluding hydrogens is 1070 g/mol. The van der Waals surface area contributed by atoms with Crippen LogP contribution in [0.25, 0.3) is 0 Å². The third-order valence-electron chi connectivity index (χ3n) is 16.1. The molecule has 2 aliphatic heterocycles. The van der Waals surface area contributed by atoms with Crippen molar-refractivity contribution in [2.24, 2.45) is 5.92 Å². The van der Waals surface area contributed by atoms with Crippen LogP contribution in [0, 0.1) is 12.3 Å². The van der Waals surface area contributed by atoms with Crippen LogP contribution in [-0.2, 0) is 29.3 Å². The number of unbranched alkanes of at least 4 members (excludes halogenated alkanes) is 14. The monoisotopic (exact) mass is 1150 g/mol. The Hall–Kier alpha value is -7.25. The number of alkyl halides is 1. The lowest BCUT2D eigenvalue weighted by atomic mass is 9.79. The molecule has 7 atom stereocenters. The van der Waals surface area contributed by atoms with Crippen molar-refractivity contribution < 1.29 is 42.4 Å². The van der Waals surface area contributed by atoms with Gasteiger partial charge in [-0.1, -0.05) is 170 Å². The van der Waals surface area contributed by atoms with Crippen molar-refractivity contribution in [2.45, 2.75) is 152 Å². The van der Waals surface area contributed by atoms with Crippen molar-refractivity contribution >= 4 is 17.6 Å². The number of carbonyl (C=O) groups is 2. The minimum absolute atomic E-state index is 0.0267. The molecule has 0 saturated carbocycles. The summed E-state index contributed by atoms with van der Waals surface area (Å²) in [5, 5.41) is 2.70. The molecule has 449 valence electrons. The van der Waals surface area contributed by atoms with Crippen molar-refractivity contribution in [3.8, 4) is 11.5 Å². The molecule has 2 N–H and O–H groups in total. The number of H-pyrrole nitrogens is 1. The average Bonchev–Trinajstić information content (AvgIpc) is 3.82. The van der Waals surface area contributed by atoms with E-state index in [0.29, 0.717) is 30.0 Å². The minimum Gasteiger partial charge on any atom is -0.497 e. The zero-order chi connectivity index (χ0) is 59.3. The Labute approximate surface area is 491 Å². The van der Waals surface area contributed by atoms with Crippen LogP contribution in [0.3, 0.4) is 0 Å². The van der Waals surface area contributed by atoms with Gasteiger partial charge < -0.3 is 38.6 Å². The number of nitrogens with one attached hydrogen (secondary N) is 2. The van der Waals surface area contributed by atoms with Crippen molar-refractivity contribution in [3.63, 3.8) is 0 Å². The number of halogens is 1. The molecule has 84 heavy (non-hydrogen) atoms. The molecule has 0 aliphatic carbocycles. The van der Waals surface area contributed by atoms with Gasteiger partial charge in [-0.2, -0.15) is 4.98 Å². The molecule has 2 amide bonds. The maximum absolute atomic E-state index is 15.9. The predicted octanol–water partition coefficient (Wildman–Crippen LogP) is 11.1. The number of aromatic amines is 1. The summed E-state index contributed by atoms with van der Waals surface area (Å²) in [5.41, 5.74) is -0.791. The second kappa shape index (κ2) is 31.6. The highest BCUT2D eigenvalue weighted by Gasteiger charge is 2.50. The van der Waals surface area contributed by atoms with E-state index in [4.69, 9.17) is 28.4 Å². The molecule has 4 heterocycles. The summed E-state index contributed by atoms with van der Waals surface area (Å²) in [5.74, 6) is -0.213. The fraction of sp³-hybridized carbons (Fsp3) is 0.470. The Morgan fingerprint density at radius 1 is 0.667 bits per heavy atom. The van der Waals surface area contributed by atoms with Crippen LogP contribution in [-0.4, -0.2) is 101 Å². The Morgan fingerprint density at radius 2 is 1.21 bits per heavy atom. The van der Waals surface area contributed by atoms with Crippen LogP contribution in [0.1, 0.15) is 149 Å². The van der Waals surface area contributed by atoms with Crippen LogP contribution >= 0.6 is 0 Å². The van der Waals surface area contributed by atoms with Gasteiger partial charge in [0.15, 0.2) is 18.6 Å². The lowest BCUT2D eigenvalue weighted by Gasteiger charge is -2.37. The van der Waals surface area contributed by atoms with E-state index in [9.17, 15) is 19.2 Å². The van der Waals surface area contributed by atoms with E-state index < -0.39 is 71.3 Å². The molecule has 2 aliphatic rings. The van der Waals surface area contributed by atoms with Crippen LogP contribution in [0.2, 0.25) is 0 Å². The molecule has 18 heteroatoms. The van der Waals surface area contributed by atoms with Gasteiger partial charge in [0.1, 0.15) is 29.0 Å². The van der Waals surface area contributed by atoms with Crippen LogP contribution in [0.15, 0.2) is 148 Å². The molecule has 2 saturated heterocycles. The van der Waals surface area contributed by atoms with Crippen molar-refractivity contribution in [1.29, 1.82) is 0 Å². The van der Waals surface area contributed by atoms with Gasteiger partial charge in [-0.05, 0) is 65.6 Å². The summed E-state index contributed by atoms with van der Waals surface area (Å²) < 4.78 is 56.2. The first kappa shape index (κ1) is 62.8. The van der Waals surface area contributed by atoms with E-state index in [2.05, 4.69) is 22.2 Å². The number of nitrogens with zero attached hydrogens (tertiary/aromatic N) is 4. The molecule has 8 rings (SSSR count). The summed E-state index contributed by atoms with van der Waals surface area (Å²) >= 11 is 0. The van der Waals surface area contributed by atoms with Crippen molar-refractivity contribution in [2.75, 3.05) is 46.3 Å². The summed E-state index contributed by atoms with van der Waals surface area (Å²) in [6, 6.07) is 36.1. The summed E-state index contributed by atoms with van der Waals surface area (Å²) in [6.45, 7) is 2.40. The number of hydrogen-bond acceptors (Lipinski definition) is 12. The maximum atomic E-state index is 15.9. The number of anilines is 1. The first-order chi connectivity index (χ1) is 41.0. The molecule has 0 unspecified atom stereocenters. The van der Waals surface area contributed by atoms with Gasteiger partial charge in [-0.15, -0.1) is 0 Å². The summed E-state index contributed by atoms with van der Waals surface area (Å²) in [7, 11) is 4.69. The highest BCUT2D eigenvalue weighted by molar-refractivity contribution is 6.03. The molecule has 17 nitrogen and oxygen atoms in total. The lowest BCUT2D eigenvalue weighted by molar-refractivity contribution is -0.136. The maximum Gasteiger partial charge on any atom is 0.351 e. The minimum atomic E-state index is -1.73. The van der Waals surface area contributed by atoms with E-state index in [1.54, 1.807) is 49.5 Å². The first-order valence-corrected chi connectivity index (χ1v) is 29.8. The molecule has 0 spiro atoms. The van der Waals surface area contributed by atoms with Gasteiger partial charge in [0.2, 0.25) is 5.91 Å². The molecule has 2 aromatic heterocycles. The SMILES string of the molecule is CCCCCCCCCCCCCCCCCN(C[C@H]1[CH][C@@H](F)[C@H](n2ccc(=O)[nH]c2=O)O1)C(=O)C[C@H]1[C@@H](OC)[C@H](n2ccc(NC(=O)c3ccccc3)nc2=O)O[C@@H]1COC(c1ccccc1)(c1ccc(OC)cc1)c1ccc(OC)cc1. The Kier molecular flexibility index (Phi) is 23.6. The number of carbonyl (C=O) groups excluding carboxylic acids is 2. The molecule has 1 radical (unpaired) electrons. The fourth-order valence-corrected chi connectivity index (χ4v) is 11.5. The van der Waals surface area contributed by atoms with Gasteiger partial charge in [0.25, 0.3) is 11.5 Å².